The van der Waals surface area contributed by atoms with Crippen molar-refractivity contribution >= 4 is 17.5 Å². The fourth-order valence-electron chi connectivity index (χ4n) is 3.26. The molecule has 1 heterocycles. The van der Waals surface area contributed by atoms with E-state index < -0.39 is 0 Å². The Labute approximate surface area is 166 Å². The lowest BCUT2D eigenvalue weighted by Gasteiger charge is -2.29. The van der Waals surface area contributed by atoms with Crippen molar-refractivity contribution in [1.82, 2.24) is 10.2 Å². The number of likely N-dealkylation sites (N-methyl/N-ethyl adjacent to an activating group) is 1. The zero-order chi connectivity index (χ0) is 19.9. The number of carbonyl (C=O) groups excluding carboxylic acids is 2. The smallest absolute Gasteiger partial charge is 0.265 e. The molecular weight excluding hydrogens is 354 g/mol. The Morgan fingerprint density at radius 1 is 1.14 bits per heavy atom. The largest absolute Gasteiger partial charge is 0.482 e. The highest BCUT2D eigenvalue weighted by Crippen LogP contribution is 2.31. The Balaban J connectivity index is 1.52. The number of hydrogen-bond donors (Lipinski definition) is 1. The van der Waals surface area contributed by atoms with Crippen LogP contribution in [0.4, 0.5) is 5.69 Å². The summed E-state index contributed by atoms with van der Waals surface area (Å²) in [4.78, 5) is 28.3. The van der Waals surface area contributed by atoms with Crippen molar-refractivity contribution in [3.05, 3.63) is 60.2 Å². The third kappa shape index (κ3) is 5.10. The second kappa shape index (κ2) is 9.37. The first-order chi connectivity index (χ1) is 13.5. The molecule has 6 heteroatoms. The summed E-state index contributed by atoms with van der Waals surface area (Å²) in [6.45, 7) is 0.920. The van der Waals surface area contributed by atoms with Gasteiger partial charge >= 0.3 is 0 Å². The summed E-state index contributed by atoms with van der Waals surface area (Å²) in [6, 6.07) is 17.9. The molecule has 1 aliphatic rings. The standard InChI is InChI=1S/C22H27N3O3/c1-24(2)18(14-17-8-4-3-5-9-17)15-23-21(26)12-13-25-19-10-6-7-11-20(19)28-16-22(25)27/h3-11,18H,12-16H2,1-2H3,(H,23,26). The molecule has 1 aliphatic heterocycles. The number of anilines is 1. The van der Waals surface area contributed by atoms with Crippen molar-refractivity contribution in [3.63, 3.8) is 0 Å². The lowest BCUT2D eigenvalue weighted by atomic mass is 10.1. The summed E-state index contributed by atoms with van der Waals surface area (Å²) in [7, 11) is 4.03. The summed E-state index contributed by atoms with van der Waals surface area (Å²) in [5, 5.41) is 3.01. The summed E-state index contributed by atoms with van der Waals surface area (Å²) < 4.78 is 5.44. The molecule has 0 saturated carbocycles. The van der Waals surface area contributed by atoms with E-state index in [-0.39, 0.29) is 30.9 Å². The van der Waals surface area contributed by atoms with Crippen molar-refractivity contribution < 1.29 is 14.3 Å². The molecule has 3 rings (SSSR count). The number of benzene rings is 2. The van der Waals surface area contributed by atoms with E-state index >= 15 is 0 Å². The van der Waals surface area contributed by atoms with Crippen LogP contribution in [0.25, 0.3) is 0 Å². The van der Waals surface area contributed by atoms with Gasteiger partial charge in [0.25, 0.3) is 5.91 Å². The van der Waals surface area contributed by atoms with Gasteiger partial charge in [0.1, 0.15) is 5.75 Å². The van der Waals surface area contributed by atoms with Crippen LogP contribution in [-0.4, -0.2) is 56.5 Å². The Hall–Kier alpha value is -2.86. The summed E-state index contributed by atoms with van der Waals surface area (Å²) in [5.74, 6) is 0.497. The van der Waals surface area contributed by atoms with Gasteiger partial charge in [-0.1, -0.05) is 42.5 Å². The van der Waals surface area contributed by atoms with Gasteiger partial charge in [0.05, 0.1) is 5.69 Å². The van der Waals surface area contributed by atoms with Crippen LogP contribution in [0.1, 0.15) is 12.0 Å². The van der Waals surface area contributed by atoms with Crippen molar-refractivity contribution in [2.75, 3.05) is 38.7 Å². The van der Waals surface area contributed by atoms with Gasteiger partial charge in [0.15, 0.2) is 6.61 Å². The number of hydrogen-bond acceptors (Lipinski definition) is 4. The maximum absolute atomic E-state index is 12.4. The fourth-order valence-corrected chi connectivity index (χ4v) is 3.26. The van der Waals surface area contributed by atoms with Gasteiger partial charge in [-0.05, 0) is 38.2 Å². The van der Waals surface area contributed by atoms with Gasteiger partial charge in [-0.2, -0.15) is 0 Å². The molecule has 2 aromatic rings. The lowest BCUT2D eigenvalue weighted by Crippen LogP contribution is -2.44. The highest BCUT2D eigenvalue weighted by atomic mass is 16.5. The Morgan fingerprint density at radius 2 is 1.86 bits per heavy atom. The van der Waals surface area contributed by atoms with E-state index in [1.165, 1.54) is 5.56 Å². The molecular formula is C22H27N3O3. The van der Waals surface area contributed by atoms with Gasteiger partial charge in [0, 0.05) is 25.6 Å². The number of nitrogens with one attached hydrogen (secondary N) is 1. The number of amides is 2. The minimum atomic E-state index is -0.123. The molecule has 2 amide bonds. The van der Waals surface area contributed by atoms with Gasteiger partial charge in [-0.3, -0.25) is 9.59 Å². The van der Waals surface area contributed by atoms with Crippen LogP contribution >= 0.6 is 0 Å². The fraction of sp³-hybridized carbons (Fsp3) is 0.364. The SMILES string of the molecule is CN(C)C(CNC(=O)CCN1C(=O)COc2ccccc21)Cc1ccccc1. The molecule has 148 valence electrons. The number of carbonyl (C=O) groups is 2. The van der Waals surface area contributed by atoms with Crippen LogP contribution < -0.4 is 15.0 Å². The van der Waals surface area contributed by atoms with E-state index in [0.29, 0.717) is 18.8 Å². The molecule has 0 spiro atoms. The van der Waals surface area contributed by atoms with Crippen molar-refractivity contribution in [2.24, 2.45) is 0 Å². The van der Waals surface area contributed by atoms with E-state index in [2.05, 4.69) is 22.3 Å². The number of nitrogens with zero attached hydrogens (tertiary/aromatic N) is 2. The van der Waals surface area contributed by atoms with Gasteiger partial charge in [-0.25, -0.2) is 0 Å². The molecule has 1 N–H and O–H groups in total. The van der Waals surface area contributed by atoms with Crippen LogP contribution in [0, 0.1) is 0 Å². The second-order valence-corrected chi connectivity index (χ2v) is 7.16. The van der Waals surface area contributed by atoms with Crippen LogP contribution in [-0.2, 0) is 16.0 Å². The summed E-state index contributed by atoms with van der Waals surface area (Å²) in [6.07, 6.45) is 1.12. The Bertz CT molecular complexity index is 808. The third-order valence-corrected chi connectivity index (χ3v) is 4.95. The number of ether oxygens (including phenoxy) is 1. The third-order valence-electron chi connectivity index (χ3n) is 4.95. The zero-order valence-corrected chi connectivity index (χ0v) is 16.4. The number of rotatable bonds is 8. The van der Waals surface area contributed by atoms with E-state index in [4.69, 9.17) is 4.74 Å². The lowest BCUT2D eigenvalue weighted by molar-refractivity contribution is -0.122. The molecule has 6 nitrogen and oxygen atoms in total. The average molecular weight is 381 g/mol. The van der Waals surface area contributed by atoms with Crippen LogP contribution in [0.2, 0.25) is 0 Å². The summed E-state index contributed by atoms with van der Waals surface area (Å²) in [5.41, 5.74) is 1.97. The first-order valence-corrected chi connectivity index (χ1v) is 9.54. The van der Waals surface area contributed by atoms with E-state index in [1.54, 1.807) is 4.90 Å². The molecule has 0 fully saturated rings. The first-order valence-electron chi connectivity index (χ1n) is 9.54. The van der Waals surface area contributed by atoms with E-state index in [1.807, 2.05) is 56.6 Å². The monoisotopic (exact) mass is 381 g/mol. The zero-order valence-electron chi connectivity index (χ0n) is 16.4. The van der Waals surface area contributed by atoms with E-state index in [9.17, 15) is 9.59 Å². The first kappa shape index (κ1) is 19.9. The minimum Gasteiger partial charge on any atom is -0.482 e. The molecule has 0 aliphatic carbocycles. The second-order valence-electron chi connectivity index (χ2n) is 7.16. The molecule has 0 saturated heterocycles. The maximum atomic E-state index is 12.4. The highest BCUT2D eigenvalue weighted by molar-refractivity contribution is 5.98. The van der Waals surface area contributed by atoms with Crippen LogP contribution in [0.15, 0.2) is 54.6 Å². The predicted molar refractivity (Wildman–Crippen MR) is 110 cm³/mol. The number of para-hydroxylation sites is 2. The van der Waals surface area contributed by atoms with Crippen molar-refractivity contribution in [3.8, 4) is 5.75 Å². The molecule has 1 unspecified atom stereocenters. The van der Waals surface area contributed by atoms with Gasteiger partial charge in [-0.15, -0.1) is 0 Å². The Morgan fingerprint density at radius 3 is 2.61 bits per heavy atom. The molecule has 0 bridgehead atoms. The number of fused-ring (bicyclic) bond motifs is 1. The molecule has 2 aromatic carbocycles. The van der Waals surface area contributed by atoms with Gasteiger partial charge < -0.3 is 19.9 Å². The molecule has 1 atom stereocenters. The maximum Gasteiger partial charge on any atom is 0.265 e. The van der Waals surface area contributed by atoms with E-state index in [0.717, 1.165) is 12.1 Å². The van der Waals surface area contributed by atoms with Crippen LogP contribution in [0.5, 0.6) is 5.75 Å². The highest BCUT2D eigenvalue weighted by Gasteiger charge is 2.25. The molecule has 0 aromatic heterocycles. The van der Waals surface area contributed by atoms with Crippen LogP contribution in [0.3, 0.4) is 0 Å². The quantitative estimate of drug-likeness (QED) is 0.761. The average Bonchev–Trinajstić information content (AvgIpc) is 2.71. The topological polar surface area (TPSA) is 61.9 Å². The van der Waals surface area contributed by atoms with Crippen molar-refractivity contribution in [2.45, 2.75) is 18.9 Å². The summed E-state index contributed by atoms with van der Waals surface area (Å²) >= 11 is 0. The normalized spacial score (nSPS) is 14.4. The van der Waals surface area contributed by atoms with Gasteiger partial charge in [0.2, 0.25) is 5.91 Å². The predicted octanol–water partition coefficient (Wildman–Crippen LogP) is 2.09. The minimum absolute atomic E-state index is 0.0123. The molecule has 28 heavy (non-hydrogen) atoms. The molecule has 0 radical (unpaired) electrons. The Kier molecular flexibility index (Phi) is 6.66. The van der Waals surface area contributed by atoms with Crippen molar-refractivity contribution in [1.29, 1.82) is 0 Å².